The lowest BCUT2D eigenvalue weighted by molar-refractivity contribution is 0.298. The van der Waals surface area contributed by atoms with Crippen LogP contribution in [-0.2, 0) is 0 Å². The van der Waals surface area contributed by atoms with Gasteiger partial charge in [0.2, 0.25) is 5.88 Å². The molecule has 1 aromatic heterocycles. The molecule has 0 aliphatic rings. The lowest BCUT2D eigenvalue weighted by Gasteiger charge is -2.16. The van der Waals surface area contributed by atoms with Gasteiger partial charge in [-0.2, -0.15) is 4.98 Å². The largest absolute Gasteiger partial charge is 0.476 e. The summed E-state index contributed by atoms with van der Waals surface area (Å²) in [6, 6.07) is 0.324. The van der Waals surface area contributed by atoms with Crippen molar-refractivity contribution in [3.8, 4) is 5.88 Å². The van der Waals surface area contributed by atoms with Gasteiger partial charge in [0.1, 0.15) is 11.5 Å². The number of aromatic nitrogens is 2. The fourth-order valence-corrected chi connectivity index (χ4v) is 1.42. The third kappa shape index (κ3) is 4.05. The zero-order valence-electron chi connectivity index (χ0n) is 11.8. The predicted octanol–water partition coefficient (Wildman–Crippen LogP) is 2.76. The average molecular weight is 252 g/mol. The van der Waals surface area contributed by atoms with Crippen LogP contribution in [0.1, 0.15) is 45.9 Å². The first-order valence-electron chi connectivity index (χ1n) is 6.61. The average Bonchev–Trinajstić information content (AvgIpc) is 2.34. The van der Waals surface area contributed by atoms with Crippen molar-refractivity contribution in [1.29, 1.82) is 0 Å². The van der Waals surface area contributed by atoms with E-state index in [9.17, 15) is 0 Å². The minimum absolute atomic E-state index is 0.324. The zero-order chi connectivity index (χ0) is 13.5. The highest BCUT2D eigenvalue weighted by atomic mass is 16.5. The van der Waals surface area contributed by atoms with Crippen LogP contribution in [0.3, 0.4) is 0 Å². The van der Waals surface area contributed by atoms with Crippen molar-refractivity contribution in [2.75, 3.05) is 17.7 Å². The highest BCUT2D eigenvalue weighted by molar-refractivity contribution is 5.67. The Kier molecular flexibility index (Phi) is 5.68. The molecule has 102 valence electrons. The van der Waals surface area contributed by atoms with E-state index in [0.29, 0.717) is 35.9 Å². The number of nitrogens with zero attached hydrogens (tertiary/aromatic N) is 2. The van der Waals surface area contributed by atoms with Crippen molar-refractivity contribution in [2.24, 2.45) is 0 Å². The number of nitrogen functional groups attached to an aromatic ring is 1. The predicted molar refractivity (Wildman–Crippen MR) is 75.0 cm³/mol. The molecule has 1 aromatic rings. The van der Waals surface area contributed by atoms with Crippen LogP contribution in [0.4, 0.5) is 11.5 Å². The first-order valence-corrected chi connectivity index (χ1v) is 6.61. The molecule has 3 N–H and O–H groups in total. The fraction of sp³-hybridized carbons (Fsp3) is 0.692. The van der Waals surface area contributed by atoms with Crippen LogP contribution in [0.2, 0.25) is 0 Å². The molecule has 0 saturated carbocycles. The first-order chi connectivity index (χ1) is 8.58. The van der Waals surface area contributed by atoms with Crippen molar-refractivity contribution in [3.05, 3.63) is 5.82 Å². The normalized spacial score (nSPS) is 12.2. The molecular weight excluding hydrogens is 228 g/mol. The molecule has 0 aliphatic carbocycles. The number of hydrogen-bond acceptors (Lipinski definition) is 5. The maximum Gasteiger partial charge on any atom is 0.242 e. The number of nitrogens with two attached hydrogens (primary N) is 1. The topological polar surface area (TPSA) is 73.1 Å². The second-order valence-corrected chi connectivity index (χ2v) is 4.49. The monoisotopic (exact) mass is 252 g/mol. The summed E-state index contributed by atoms with van der Waals surface area (Å²) >= 11 is 0. The second-order valence-electron chi connectivity index (χ2n) is 4.49. The van der Waals surface area contributed by atoms with Gasteiger partial charge in [0.05, 0.1) is 6.61 Å². The Morgan fingerprint density at radius 1 is 1.33 bits per heavy atom. The third-order valence-electron chi connectivity index (χ3n) is 2.75. The van der Waals surface area contributed by atoms with Gasteiger partial charge in [0.15, 0.2) is 5.82 Å². The van der Waals surface area contributed by atoms with Gasteiger partial charge in [-0.3, -0.25) is 0 Å². The summed E-state index contributed by atoms with van der Waals surface area (Å²) in [5, 5.41) is 3.28. The molecule has 0 bridgehead atoms. The van der Waals surface area contributed by atoms with E-state index in [-0.39, 0.29) is 0 Å². The highest BCUT2D eigenvalue weighted by Gasteiger charge is 2.12. The molecule has 0 spiro atoms. The molecule has 1 unspecified atom stereocenters. The smallest absolute Gasteiger partial charge is 0.242 e. The molecule has 5 nitrogen and oxygen atoms in total. The van der Waals surface area contributed by atoms with Crippen LogP contribution in [0.5, 0.6) is 5.88 Å². The van der Waals surface area contributed by atoms with Crippen LogP contribution in [-0.4, -0.2) is 22.6 Å². The van der Waals surface area contributed by atoms with Crippen molar-refractivity contribution in [2.45, 2.75) is 53.0 Å². The molecule has 0 aromatic carbocycles. The molecule has 5 heteroatoms. The van der Waals surface area contributed by atoms with Gasteiger partial charge in [-0.05, 0) is 26.7 Å². The summed E-state index contributed by atoms with van der Waals surface area (Å²) in [6.07, 6.45) is 3.09. The van der Waals surface area contributed by atoms with E-state index < -0.39 is 0 Å². The fourth-order valence-electron chi connectivity index (χ4n) is 1.42. The summed E-state index contributed by atoms with van der Waals surface area (Å²) in [4.78, 5) is 8.56. The van der Waals surface area contributed by atoms with E-state index >= 15 is 0 Å². The zero-order valence-corrected chi connectivity index (χ0v) is 11.8. The molecule has 0 saturated heterocycles. The van der Waals surface area contributed by atoms with E-state index in [1.165, 1.54) is 0 Å². The Bertz CT molecular complexity index is 381. The number of rotatable bonds is 7. The van der Waals surface area contributed by atoms with Crippen LogP contribution in [0.15, 0.2) is 0 Å². The number of hydrogen-bond donors (Lipinski definition) is 2. The van der Waals surface area contributed by atoms with Gasteiger partial charge in [-0.1, -0.05) is 20.3 Å². The van der Waals surface area contributed by atoms with Crippen molar-refractivity contribution < 1.29 is 4.74 Å². The third-order valence-corrected chi connectivity index (χ3v) is 2.75. The number of ether oxygens (including phenoxy) is 1. The second kappa shape index (κ2) is 7.03. The summed E-state index contributed by atoms with van der Waals surface area (Å²) in [5.74, 6) is 1.83. The first kappa shape index (κ1) is 14.5. The number of aryl methyl sites for hydroxylation is 1. The summed E-state index contributed by atoms with van der Waals surface area (Å²) in [6.45, 7) is 8.80. The van der Waals surface area contributed by atoms with E-state index in [2.05, 4.69) is 36.1 Å². The minimum atomic E-state index is 0.324. The van der Waals surface area contributed by atoms with Gasteiger partial charge in [0, 0.05) is 6.04 Å². The Labute approximate surface area is 109 Å². The van der Waals surface area contributed by atoms with Crippen LogP contribution < -0.4 is 15.8 Å². The molecule has 1 atom stereocenters. The van der Waals surface area contributed by atoms with Crippen LogP contribution >= 0.6 is 0 Å². The molecule has 18 heavy (non-hydrogen) atoms. The Morgan fingerprint density at radius 3 is 2.67 bits per heavy atom. The molecule has 1 heterocycles. The van der Waals surface area contributed by atoms with Gasteiger partial charge >= 0.3 is 0 Å². The van der Waals surface area contributed by atoms with Crippen molar-refractivity contribution >= 4 is 11.5 Å². The van der Waals surface area contributed by atoms with E-state index in [4.69, 9.17) is 10.5 Å². The number of unbranched alkanes of at least 4 members (excludes halogenated alkanes) is 1. The van der Waals surface area contributed by atoms with Gasteiger partial charge in [-0.25, -0.2) is 4.98 Å². The van der Waals surface area contributed by atoms with Crippen molar-refractivity contribution in [1.82, 2.24) is 9.97 Å². The summed E-state index contributed by atoms with van der Waals surface area (Å²) in [5.41, 5.74) is 6.52. The Balaban J connectivity index is 2.84. The number of nitrogens with one attached hydrogen (secondary N) is 1. The summed E-state index contributed by atoms with van der Waals surface area (Å²) in [7, 11) is 0. The molecule has 1 rings (SSSR count). The summed E-state index contributed by atoms with van der Waals surface area (Å²) < 4.78 is 5.60. The standard InChI is InChI=1S/C13H24N4O/c1-5-7-8-18-13-11(14)12(15-9(3)6-2)16-10(4)17-13/h9H,5-8,14H2,1-4H3,(H,15,16,17). The van der Waals surface area contributed by atoms with Crippen LogP contribution in [0, 0.1) is 6.92 Å². The lowest BCUT2D eigenvalue weighted by Crippen LogP contribution is -2.17. The van der Waals surface area contributed by atoms with E-state index in [1.807, 2.05) is 6.92 Å². The number of anilines is 2. The molecule has 0 aliphatic heterocycles. The minimum Gasteiger partial charge on any atom is -0.476 e. The Hall–Kier alpha value is -1.52. The SMILES string of the molecule is CCCCOc1nc(C)nc(NC(C)CC)c1N. The molecular formula is C13H24N4O. The molecule has 0 radical (unpaired) electrons. The van der Waals surface area contributed by atoms with Gasteiger partial charge < -0.3 is 15.8 Å². The lowest BCUT2D eigenvalue weighted by atomic mass is 10.2. The molecule has 0 amide bonds. The highest BCUT2D eigenvalue weighted by Crippen LogP contribution is 2.26. The van der Waals surface area contributed by atoms with Crippen molar-refractivity contribution in [3.63, 3.8) is 0 Å². The van der Waals surface area contributed by atoms with Crippen LogP contribution in [0.25, 0.3) is 0 Å². The molecule has 0 fully saturated rings. The van der Waals surface area contributed by atoms with Gasteiger partial charge in [-0.15, -0.1) is 0 Å². The van der Waals surface area contributed by atoms with E-state index in [0.717, 1.165) is 19.3 Å². The van der Waals surface area contributed by atoms with Gasteiger partial charge in [0.25, 0.3) is 0 Å². The maximum atomic E-state index is 6.02. The Morgan fingerprint density at radius 2 is 2.06 bits per heavy atom. The quantitative estimate of drug-likeness (QED) is 0.730. The maximum absolute atomic E-state index is 6.02. The van der Waals surface area contributed by atoms with E-state index in [1.54, 1.807) is 0 Å².